The molecular weight excluding hydrogens is 322 g/mol. The third-order valence-corrected chi connectivity index (χ3v) is 4.79. The van der Waals surface area contributed by atoms with Crippen molar-refractivity contribution < 1.29 is 4.74 Å². The van der Waals surface area contributed by atoms with E-state index in [1.54, 1.807) is 18.4 Å². The molecule has 0 aliphatic heterocycles. The van der Waals surface area contributed by atoms with Crippen molar-refractivity contribution in [2.24, 2.45) is 0 Å². The van der Waals surface area contributed by atoms with Crippen molar-refractivity contribution in [3.63, 3.8) is 0 Å². The number of methoxy groups -OCH3 is 1. The average molecular weight is 340 g/mol. The van der Waals surface area contributed by atoms with E-state index in [4.69, 9.17) is 4.74 Å². The van der Waals surface area contributed by atoms with Gasteiger partial charge in [-0.3, -0.25) is 0 Å². The van der Waals surface area contributed by atoms with E-state index in [-0.39, 0.29) is 0 Å². The second-order valence-corrected chi connectivity index (χ2v) is 5.94. The quantitative estimate of drug-likeness (QED) is 0.841. The molecule has 0 spiro atoms. The predicted octanol–water partition coefficient (Wildman–Crippen LogP) is 4.41. The van der Waals surface area contributed by atoms with E-state index in [2.05, 4.69) is 51.1 Å². The third kappa shape index (κ3) is 3.81. The van der Waals surface area contributed by atoms with E-state index >= 15 is 0 Å². The first-order valence-electron chi connectivity index (χ1n) is 6.32. The van der Waals surface area contributed by atoms with Crippen LogP contribution in [-0.4, -0.2) is 13.7 Å². The Morgan fingerprint density at radius 1 is 1.37 bits per heavy atom. The number of likely N-dealkylation sites (N-methyl/N-ethyl adjacent to an activating group) is 1. The summed E-state index contributed by atoms with van der Waals surface area (Å²) in [5.74, 6) is 0.914. The van der Waals surface area contributed by atoms with Crippen molar-refractivity contribution in [2.45, 2.75) is 19.4 Å². The maximum Gasteiger partial charge on any atom is 0.119 e. The van der Waals surface area contributed by atoms with Crippen LogP contribution in [0.25, 0.3) is 0 Å². The van der Waals surface area contributed by atoms with Crippen LogP contribution in [0.1, 0.15) is 24.1 Å². The minimum Gasteiger partial charge on any atom is -0.497 e. The fourth-order valence-corrected chi connectivity index (χ4v) is 3.74. The highest BCUT2D eigenvalue weighted by Gasteiger charge is 2.15. The zero-order chi connectivity index (χ0) is 13.7. The molecule has 102 valence electrons. The minimum atomic E-state index is 0.331. The van der Waals surface area contributed by atoms with Gasteiger partial charge in [0.1, 0.15) is 5.75 Å². The van der Waals surface area contributed by atoms with Crippen LogP contribution in [0.15, 0.2) is 39.5 Å². The number of hydrogen-bond donors (Lipinski definition) is 1. The first-order valence-corrected chi connectivity index (χ1v) is 8.06. The van der Waals surface area contributed by atoms with Crippen LogP contribution in [0.5, 0.6) is 5.75 Å². The molecule has 1 aromatic carbocycles. The van der Waals surface area contributed by atoms with Crippen molar-refractivity contribution in [3.8, 4) is 5.75 Å². The Balaban J connectivity index is 2.18. The van der Waals surface area contributed by atoms with Crippen LogP contribution < -0.4 is 10.1 Å². The monoisotopic (exact) mass is 339 g/mol. The molecule has 2 nitrogen and oxygen atoms in total. The summed E-state index contributed by atoms with van der Waals surface area (Å²) in [6.07, 6.45) is 0.959. The van der Waals surface area contributed by atoms with Crippen molar-refractivity contribution in [1.82, 2.24) is 5.32 Å². The van der Waals surface area contributed by atoms with E-state index in [1.165, 1.54) is 15.6 Å². The topological polar surface area (TPSA) is 21.3 Å². The van der Waals surface area contributed by atoms with Crippen molar-refractivity contribution in [3.05, 3.63) is 50.6 Å². The van der Waals surface area contributed by atoms with Crippen LogP contribution in [0.4, 0.5) is 0 Å². The van der Waals surface area contributed by atoms with Gasteiger partial charge in [0.15, 0.2) is 0 Å². The fraction of sp³-hybridized carbons (Fsp3) is 0.333. The molecule has 0 saturated heterocycles. The summed E-state index contributed by atoms with van der Waals surface area (Å²) in [4.78, 5) is 0. The number of halogens is 1. The maximum atomic E-state index is 5.28. The molecule has 0 bridgehead atoms. The zero-order valence-corrected chi connectivity index (χ0v) is 13.6. The standard InChI is InChI=1S/C15H18BrNOS/c1-3-17-15(13-9-19-10-14(13)16)8-11-5-4-6-12(7-11)18-2/h4-7,9-10,15,17H,3,8H2,1-2H3. The average Bonchev–Trinajstić information content (AvgIpc) is 2.85. The number of ether oxygens (including phenoxy) is 1. The molecule has 1 aromatic heterocycles. The Bertz CT molecular complexity index is 526. The Morgan fingerprint density at radius 2 is 2.21 bits per heavy atom. The van der Waals surface area contributed by atoms with Gasteiger partial charge >= 0.3 is 0 Å². The Kier molecular flexibility index (Phi) is 5.43. The smallest absolute Gasteiger partial charge is 0.119 e. The van der Waals surface area contributed by atoms with E-state index in [0.717, 1.165) is 18.7 Å². The van der Waals surface area contributed by atoms with E-state index in [1.807, 2.05) is 12.1 Å². The largest absolute Gasteiger partial charge is 0.497 e. The molecule has 2 rings (SSSR count). The normalized spacial score (nSPS) is 12.4. The van der Waals surface area contributed by atoms with E-state index in [0.29, 0.717) is 6.04 Å². The molecule has 1 atom stereocenters. The molecule has 1 N–H and O–H groups in total. The highest BCUT2D eigenvalue weighted by Crippen LogP contribution is 2.30. The third-order valence-electron chi connectivity index (χ3n) is 3.04. The van der Waals surface area contributed by atoms with Crippen molar-refractivity contribution >= 4 is 27.3 Å². The summed E-state index contributed by atoms with van der Waals surface area (Å²) >= 11 is 5.35. The van der Waals surface area contributed by atoms with Gasteiger partial charge in [0.2, 0.25) is 0 Å². The molecule has 1 heterocycles. The molecule has 2 aromatic rings. The molecule has 4 heteroatoms. The maximum absolute atomic E-state index is 5.28. The van der Waals surface area contributed by atoms with Crippen LogP contribution in [0.3, 0.4) is 0 Å². The number of rotatable bonds is 6. The molecule has 19 heavy (non-hydrogen) atoms. The van der Waals surface area contributed by atoms with Crippen LogP contribution in [0.2, 0.25) is 0 Å². The summed E-state index contributed by atoms with van der Waals surface area (Å²) in [5.41, 5.74) is 2.61. The summed E-state index contributed by atoms with van der Waals surface area (Å²) in [6, 6.07) is 8.60. The van der Waals surface area contributed by atoms with Gasteiger partial charge in [0.25, 0.3) is 0 Å². The Labute approximate surface area is 126 Å². The van der Waals surface area contributed by atoms with Gasteiger partial charge in [-0.05, 0) is 57.5 Å². The molecule has 0 saturated carbocycles. The number of thiophene rings is 1. The first kappa shape index (κ1) is 14.6. The molecule has 0 aliphatic carbocycles. The van der Waals surface area contributed by atoms with Gasteiger partial charge in [0, 0.05) is 15.9 Å². The molecule has 0 aliphatic rings. The van der Waals surface area contributed by atoms with Gasteiger partial charge in [-0.15, -0.1) is 0 Å². The van der Waals surface area contributed by atoms with Gasteiger partial charge in [0.05, 0.1) is 7.11 Å². The lowest BCUT2D eigenvalue weighted by atomic mass is 10.0. The lowest BCUT2D eigenvalue weighted by Crippen LogP contribution is -2.22. The van der Waals surface area contributed by atoms with Crippen molar-refractivity contribution in [2.75, 3.05) is 13.7 Å². The van der Waals surface area contributed by atoms with Crippen molar-refractivity contribution in [1.29, 1.82) is 0 Å². The molecule has 1 unspecified atom stereocenters. The van der Waals surface area contributed by atoms with Crippen LogP contribution in [-0.2, 0) is 6.42 Å². The second kappa shape index (κ2) is 7.08. The highest BCUT2D eigenvalue weighted by molar-refractivity contribution is 9.10. The summed E-state index contributed by atoms with van der Waals surface area (Å²) in [6.45, 7) is 3.09. The summed E-state index contributed by atoms with van der Waals surface area (Å²) < 4.78 is 6.47. The van der Waals surface area contributed by atoms with Gasteiger partial charge in [-0.2, -0.15) is 11.3 Å². The first-order chi connectivity index (χ1) is 9.24. The molecule has 0 radical (unpaired) electrons. The second-order valence-electron chi connectivity index (χ2n) is 4.34. The van der Waals surface area contributed by atoms with E-state index in [9.17, 15) is 0 Å². The lowest BCUT2D eigenvalue weighted by Gasteiger charge is -2.18. The highest BCUT2D eigenvalue weighted by atomic mass is 79.9. The van der Waals surface area contributed by atoms with Gasteiger partial charge < -0.3 is 10.1 Å². The number of nitrogens with one attached hydrogen (secondary N) is 1. The zero-order valence-electron chi connectivity index (χ0n) is 11.2. The number of hydrogen-bond acceptors (Lipinski definition) is 3. The predicted molar refractivity (Wildman–Crippen MR) is 85.1 cm³/mol. The van der Waals surface area contributed by atoms with E-state index < -0.39 is 0 Å². The fourth-order valence-electron chi connectivity index (χ4n) is 2.11. The Morgan fingerprint density at radius 3 is 2.84 bits per heavy atom. The lowest BCUT2D eigenvalue weighted by molar-refractivity contribution is 0.414. The summed E-state index contributed by atoms with van der Waals surface area (Å²) in [7, 11) is 1.70. The van der Waals surface area contributed by atoms with Crippen LogP contribution >= 0.6 is 27.3 Å². The van der Waals surface area contributed by atoms with Gasteiger partial charge in [-0.1, -0.05) is 19.1 Å². The SMILES string of the molecule is CCNC(Cc1cccc(OC)c1)c1cscc1Br. The molecule has 0 fully saturated rings. The molecular formula is C15H18BrNOS. The number of benzene rings is 1. The summed E-state index contributed by atoms with van der Waals surface area (Å²) in [5, 5.41) is 7.88. The van der Waals surface area contributed by atoms with Gasteiger partial charge in [-0.25, -0.2) is 0 Å². The van der Waals surface area contributed by atoms with Crippen LogP contribution in [0, 0.1) is 0 Å². The Hall–Kier alpha value is -0.840. The minimum absolute atomic E-state index is 0.331. The molecule has 0 amide bonds.